The zero-order chi connectivity index (χ0) is 21.0. The summed E-state index contributed by atoms with van der Waals surface area (Å²) in [6.07, 6.45) is 0. The monoisotopic (exact) mass is 366 g/mol. The van der Waals surface area contributed by atoms with Crippen LogP contribution < -0.4 is 0 Å². The van der Waals surface area contributed by atoms with E-state index in [1.807, 2.05) is 0 Å². The van der Waals surface area contributed by atoms with Crippen molar-refractivity contribution in [2.45, 2.75) is 6.82 Å². The number of hydrogen-bond donors (Lipinski definition) is 0. The van der Waals surface area contributed by atoms with E-state index >= 15 is 0 Å². The number of likely N-dealkylation sites (N-methyl/N-ethyl adjacent to an activating group) is 1. The van der Waals surface area contributed by atoms with Gasteiger partial charge in [0.1, 0.15) is 0 Å². The molecule has 0 amide bonds. The Labute approximate surface area is 197 Å². The lowest BCUT2D eigenvalue weighted by Crippen LogP contribution is -2.54. The van der Waals surface area contributed by atoms with Gasteiger partial charge >= 0.3 is 0 Å². The minimum absolute atomic E-state index is 0.796. The van der Waals surface area contributed by atoms with Crippen LogP contribution in [0.3, 0.4) is 0 Å². The fourth-order valence-electron chi connectivity index (χ4n) is 4.79. The van der Waals surface area contributed by atoms with Gasteiger partial charge in [-0.15, -0.1) is 0 Å². The molecule has 0 aromatic heterocycles. The molecule has 0 spiro atoms. The Morgan fingerprint density at radius 3 is 1.28 bits per heavy atom. The Hall–Kier alpha value is 1.28. The third kappa shape index (κ3) is 17.5. The van der Waals surface area contributed by atoms with Crippen molar-refractivity contribution in [2.75, 3.05) is 33.2 Å². The van der Waals surface area contributed by atoms with Crippen molar-refractivity contribution in [2.24, 2.45) is 0 Å². The van der Waals surface area contributed by atoms with Crippen molar-refractivity contribution >= 4 is 149 Å². The second-order valence-corrected chi connectivity index (χ2v) is 9.99. The topological polar surface area (TPSA) is 6.48 Å². The maximum Gasteiger partial charge on any atom is 0.171 e. The Morgan fingerprint density at radius 1 is 0.552 bits per heavy atom. The smallest absolute Gasteiger partial charge is 0.171 e. The molecule has 0 unspecified atom stereocenters. The molecule has 0 aromatic rings. The van der Waals surface area contributed by atoms with Gasteiger partial charge < -0.3 is 9.71 Å². The van der Waals surface area contributed by atoms with E-state index in [2.05, 4.69) is 31.3 Å². The highest BCUT2D eigenvalue weighted by Crippen LogP contribution is 2.00. The van der Waals surface area contributed by atoms with Crippen LogP contribution in [0, 0.1) is 0 Å². The zero-order valence-electron chi connectivity index (χ0n) is 20.7. The van der Waals surface area contributed by atoms with Crippen molar-refractivity contribution < 1.29 is 0 Å². The molecule has 1 aliphatic heterocycles. The van der Waals surface area contributed by atoms with E-state index in [4.69, 9.17) is 0 Å². The van der Waals surface area contributed by atoms with Gasteiger partial charge in [0.15, 0.2) is 6.74 Å². The van der Waals surface area contributed by atoms with Gasteiger partial charge in [0.2, 0.25) is 0 Å². The summed E-state index contributed by atoms with van der Waals surface area (Å²) in [4.78, 5) is 5.16. The van der Waals surface area contributed by atoms with E-state index in [1.165, 1.54) is 160 Å². The van der Waals surface area contributed by atoms with Gasteiger partial charge in [-0.3, -0.25) is 0 Å². The largest absolute Gasteiger partial charge is 0.348 e. The Kier molecular flexibility index (Phi) is 20.6. The van der Waals surface area contributed by atoms with Crippen molar-refractivity contribution in [3.8, 4) is 0 Å². The molecular formula is C6H35B21N2. The molecule has 23 heteroatoms. The maximum absolute atomic E-state index is 2.70. The second-order valence-electron chi connectivity index (χ2n) is 9.99. The molecule has 0 saturated carbocycles. The van der Waals surface area contributed by atoms with Crippen molar-refractivity contribution in [1.29, 1.82) is 0 Å². The average molecular weight is 362 g/mol. The third-order valence-corrected chi connectivity index (χ3v) is 7.14. The molecule has 1 fully saturated rings. The van der Waals surface area contributed by atoms with Gasteiger partial charge in [-0.05, 0) is 20.1 Å². The van der Waals surface area contributed by atoms with Gasteiger partial charge in [-0.2, -0.15) is 0 Å². The molecule has 0 N–H and O–H groups in total. The normalized spacial score (nSPS) is 13.2. The highest BCUT2D eigenvalue weighted by Gasteiger charge is 2.21. The number of piperazine rings is 1. The number of rotatable bonds is 20. The fraction of sp³-hybridized carbons (Fsp3) is 1.00. The lowest BCUT2D eigenvalue weighted by atomic mass is 8.83. The number of nitrogens with zero attached hydrogens (tertiary/aromatic N) is 2. The van der Waals surface area contributed by atoms with Crippen LogP contribution >= 0.6 is 0 Å². The Morgan fingerprint density at radius 2 is 0.897 bits per heavy atom. The van der Waals surface area contributed by atoms with Gasteiger partial charge in [-0.25, -0.2) is 0 Å². The Balaban J connectivity index is 1.72. The van der Waals surface area contributed by atoms with E-state index in [1.54, 1.807) is 0 Å². The SMILES string of the molecule is BBBBBBBBBBBBBBBBBBBBB(C)N1CCN(C)CC1. The van der Waals surface area contributed by atoms with Crippen LogP contribution in [-0.4, -0.2) is 192 Å². The molecule has 1 saturated heterocycles. The minimum atomic E-state index is 0.796. The molecule has 29 heavy (non-hydrogen) atoms. The van der Waals surface area contributed by atoms with Crippen LogP contribution in [0.15, 0.2) is 0 Å². The third-order valence-electron chi connectivity index (χ3n) is 7.14. The maximum atomic E-state index is 2.70. The molecule has 0 bridgehead atoms. The second kappa shape index (κ2) is 21.1. The highest BCUT2D eigenvalue weighted by molar-refractivity contribution is 7.75. The molecule has 1 aliphatic rings. The predicted molar refractivity (Wildman–Crippen MR) is 185 cm³/mol. The highest BCUT2D eigenvalue weighted by atomic mass is 15.2. The lowest BCUT2D eigenvalue weighted by molar-refractivity contribution is 0.223. The summed E-state index contributed by atoms with van der Waals surface area (Å²) in [7, 11) is 32.4. The summed E-state index contributed by atoms with van der Waals surface area (Å²) in [5.74, 6) is 0. The summed E-state index contributed by atoms with van der Waals surface area (Å²) in [5, 5.41) is 0. The first-order chi connectivity index (χ1) is 14.2. The molecular weight excluding hydrogens is 327 g/mol. The van der Waals surface area contributed by atoms with Crippen LogP contribution in [0.5, 0.6) is 0 Å². The first kappa shape index (κ1) is 28.3. The number of hydrogen-bond acceptors (Lipinski definition) is 2. The molecule has 132 valence electrons. The zero-order valence-corrected chi connectivity index (χ0v) is 20.7. The first-order valence-corrected chi connectivity index (χ1v) is 13.7. The van der Waals surface area contributed by atoms with E-state index in [0.717, 1.165) is 6.74 Å². The molecule has 0 aliphatic carbocycles. The lowest BCUT2D eigenvalue weighted by Gasteiger charge is -2.35. The first-order valence-electron chi connectivity index (χ1n) is 13.7. The van der Waals surface area contributed by atoms with Crippen molar-refractivity contribution in [3.05, 3.63) is 0 Å². The summed E-state index contributed by atoms with van der Waals surface area (Å²) in [6, 6.07) is 0. The minimum Gasteiger partial charge on any atom is -0.348 e. The van der Waals surface area contributed by atoms with Gasteiger partial charge in [0, 0.05) is 140 Å². The molecule has 2 nitrogen and oxygen atoms in total. The van der Waals surface area contributed by atoms with Crippen molar-refractivity contribution in [1.82, 2.24) is 9.71 Å². The fourth-order valence-corrected chi connectivity index (χ4v) is 4.79. The van der Waals surface area contributed by atoms with Crippen LogP contribution in [-0.2, 0) is 0 Å². The molecule has 0 atom stereocenters. The van der Waals surface area contributed by atoms with Gasteiger partial charge in [0.25, 0.3) is 0 Å². The van der Waals surface area contributed by atoms with E-state index in [0.29, 0.717) is 0 Å². The molecule has 1 heterocycles. The Bertz CT molecular complexity index is 343. The predicted octanol–water partition coefficient (Wildman–Crippen LogP) is -13.3. The molecule has 0 radical (unpaired) electrons. The van der Waals surface area contributed by atoms with E-state index in [9.17, 15) is 0 Å². The van der Waals surface area contributed by atoms with Gasteiger partial charge in [0.05, 0.1) is 14.8 Å². The quantitative estimate of drug-likeness (QED) is 0.157. The van der Waals surface area contributed by atoms with Crippen LogP contribution in [0.2, 0.25) is 6.82 Å². The molecule has 0 aromatic carbocycles. The van der Waals surface area contributed by atoms with Gasteiger partial charge in [-0.1, -0.05) is 6.82 Å². The standard InChI is InChI=1S/C6H35B21N2/c1-27(29-5-3-28(2)4-6-29)26-25-24-23-22-21-20-19-18-17-16-15-14-13-12-11-10-9-8-7/h8-26H,3-7H2,1-2H3. The summed E-state index contributed by atoms with van der Waals surface area (Å²) >= 11 is 0. The van der Waals surface area contributed by atoms with Crippen molar-refractivity contribution in [3.63, 3.8) is 0 Å². The average Bonchev–Trinajstić information content (AvgIpc) is 2.73. The van der Waals surface area contributed by atoms with Crippen LogP contribution in [0.4, 0.5) is 0 Å². The van der Waals surface area contributed by atoms with E-state index < -0.39 is 0 Å². The van der Waals surface area contributed by atoms with Crippen LogP contribution in [0.1, 0.15) is 0 Å². The summed E-state index contributed by atoms with van der Waals surface area (Å²) < 4.78 is 0. The van der Waals surface area contributed by atoms with E-state index in [-0.39, 0.29) is 0 Å². The summed E-state index contributed by atoms with van der Waals surface area (Å²) in [5.41, 5.74) is 0. The van der Waals surface area contributed by atoms with Crippen LogP contribution in [0.25, 0.3) is 0 Å². The summed E-state index contributed by atoms with van der Waals surface area (Å²) in [6.45, 7) is 8.30. The molecule has 1 rings (SSSR count).